The molecule has 0 aromatic heterocycles. The van der Waals surface area contributed by atoms with Gasteiger partial charge in [-0.25, -0.2) is 0 Å². The van der Waals surface area contributed by atoms with Crippen molar-refractivity contribution in [2.24, 2.45) is 11.7 Å². The highest BCUT2D eigenvalue weighted by Crippen LogP contribution is 1.99. The van der Waals surface area contributed by atoms with Crippen LogP contribution in [0.2, 0.25) is 0 Å². The molecule has 4 N–H and O–H groups in total. The van der Waals surface area contributed by atoms with Crippen molar-refractivity contribution in [3.05, 3.63) is 0 Å². The van der Waals surface area contributed by atoms with Crippen LogP contribution in [-0.4, -0.2) is 28.7 Å². The zero-order valence-corrected chi connectivity index (χ0v) is 5.28. The van der Waals surface area contributed by atoms with E-state index in [2.05, 4.69) is 0 Å². The maximum Gasteiger partial charge on any atom is 0.309 e. The SMILES string of the molecule is NC(=O)CC(CO)C(=O)O. The van der Waals surface area contributed by atoms with E-state index >= 15 is 0 Å². The number of hydrogen-bond acceptors (Lipinski definition) is 3. The van der Waals surface area contributed by atoms with E-state index in [4.69, 9.17) is 15.9 Å². The molecule has 0 aromatic carbocycles. The second-order valence-corrected chi connectivity index (χ2v) is 1.89. The van der Waals surface area contributed by atoms with Crippen LogP contribution in [0.15, 0.2) is 0 Å². The molecule has 0 bridgehead atoms. The largest absolute Gasteiger partial charge is 0.481 e. The molecule has 0 heterocycles. The lowest BCUT2D eigenvalue weighted by Gasteiger charge is -2.03. The van der Waals surface area contributed by atoms with Crippen molar-refractivity contribution in [2.75, 3.05) is 6.61 Å². The van der Waals surface area contributed by atoms with Crippen molar-refractivity contribution in [3.8, 4) is 0 Å². The topological polar surface area (TPSA) is 101 Å². The number of primary amides is 1. The Morgan fingerprint density at radius 2 is 2.00 bits per heavy atom. The standard InChI is InChI=1S/C5H9NO4/c6-4(8)1-3(2-7)5(9)10/h3,7H,1-2H2,(H2,6,8)(H,9,10). The maximum absolute atomic E-state index is 10.1. The van der Waals surface area contributed by atoms with Gasteiger partial charge in [0.25, 0.3) is 0 Å². The third-order valence-electron chi connectivity index (χ3n) is 1.02. The van der Waals surface area contributed by atoms with Crippen LogP contribution in [0.3, 0.4) is 0 Å². The first-order valence-corrected chi connectivity index (χ1v) is 2.70. The van der Waals surface area contributed by atoms with Gasteiger partial charge in [0, 0.05) is 6.42 Å². The van der Waals surface area contributed by atoms with Gasteiger partial charge in [-0.3, -0.25) is 9.59 Å². The van der Waals surface area contributed by atoms with Gasteiger partial charge >= 0.3 is 5.97 Å². The minimum Gasteiger partial charge on any atom is -0.481 e. The van der Waals surface area contributed by atoms with Gasteiger partial charge in [-0.2, -0.15) is 0 Å². The number of aliphatic carboxylic acids is 1. The lowest BCUT2D eigenvalue weighted by Crippen LogP contribution is -2.24. The predicted molar refractivity (Wildman–Crippen MR) is 32.0 cm³/mol. The molecule has 58 valence electrons. The Labute approximate surface area is 57.5 Å². The van der Waals surface area contributed by atoms with Crippen LogP contribution in [0.1, 0.15) is 6.42 Å². The van der Waals surface area contributed by atoms with Gasteiger partial charge < -0.3 is 15.9 Å². The smallest absolute Gasteiger partial charge is 0.309 e. The minimum absolute atomic E-state index is 0.314. The average Bonchev–Trinajstić information content (AvgIpc) is 1.81. The fraction of sp³-hybridized carbons (Fsp3) is 0.600. The molecular weight excluding hydrogens is 138 g/mol. The van der Waals surface area contributed by atoms with E-state index < -0.39 is 24.4 Å². The molecule has 1 atom stereocenters. The summed E-state index contributed by atoms with van der Waals surface area (Å²) in [5, 5.41) is 16.6. The van der Waals surface area contributed by atoms with E-state index in [9.17, 15) is 9.59 Å². The molecule has 0 aliphatic heterocycles. The molecule has 0 aliphatic rings. The molecular formula is C5H9NO4. The molecule has 1 unspecified atom stereocenters. The number of rotatable bonds is 4. The number of carbonyl (C=O) groups excluding carboxylic acids is 1. The molecule has 5 heteroatoms. The van der Waals surface area contributed by atoms with E-state index in [0.717, 1.165) is 0 Å². The molecule has 1 amide bonds. The third kappa shape index (κ3) is 3.03. The van der Waals surface area contributed by atoms with Crippen LogP contribution in [0.25, 0.3) is 0 Å². The van der Waals surface area contributed by atoms with Crippen LogP contribution >= 0.6 is 0 Å². The van der Waals surface area contributed by atoms with Gasteiger partial charge in [0.1, 0.15) is 0 Å². The highest BCUT2D eigenvalue weighted by Gasteiger charge is 2.17. The zero-order valence-electron chi connectivity index (χ0n) is 5.28. The lowest BCUT2D eigenvalue weighted by molar-refractivity contribution is -0.145. The van der Waals surface area contributed by atoms with Crippen LogP contribution < -0.4 is 5.73 Å². The van der Waals surface area contributed by atoms with Crippen LogP contribution in [0.4, 0.5) is 0 Å². The summed E-state index contributed by atoms with van der Waals surface area (Å²) in [6.45, 7) is -0.557. The second kappa shape index (κ2) is 3.84. The first kappa shape index (κ1) is 8.90. The summed E-state index contributed by atoms with van der Waals surface area (Å²) in [6, 6.07) is 0. The summed E-state index contributed by atoms with van der Waals surface area (Å²) in [4.78, 5) is 20.2. The van der Waals surface area contributed by atoms with Gasteiger partial charge in [-0.15, -0.1) is 0 Å². The highest BCUT2D eigenvalue weighted by molar-refractivity contribution is 5.81. The van der Waals surface area contributed by atoms with Crippen molar-refractivity contribution in [3.63, 3.8) is 0 Å². The van der Waals surface area contributed by atoms with E-state index in [1.54, 1.807) is 0 Å². The normalized spacial score (nSPS) is 12.5. The van der Waals surface area contributed by atoms with Crippen LogP contribution in [0.5, 0.6) is 0 Å². The summed E-state index contributed by atoms with van der Waals surface area (Å²) in [6.07, 6.45) is -0.314. The van der Waals surface area contributed by atoms with Crippen LogP contribution in [0, 0.1) is 5.92 Å². The first-order valence-electron chi connectivity index (χ1n) is 2.70. The minimum atomic E-state index is -1.21. The van der Waals surface area contributed by atoms with E-state index in [1.807, 2.05) is 0 Å². The fourth-order valence-electron chi connectivity index (χ4n) is 0.473. The van der Waals surface area contributed by atoms with E-state index in [1.165, 1.54) is 0 Å². The molecule has 5 nitrogen and oxygen atoms in total. The summed E-state index contributed by atoms with van der Waals surface area (Å²) in [7, 11) is 0. The summed E-state index contributed by atoms with van der Waals surface area (Å²) >= 11 is 0. The number of amides is 1. The van der Waals surface area contributed by atoms with Gasteiger partial charge in [0.2, 0.25) is 5.91 Å². The van der Waals surface area contributed by atoms with Crippen molar-refractivity contribution in [1.29, 1.82) is 0 Å². The van der Waals surface area contributed by atoms with Gasteiger partial charge in [-0.1, -0.05) is 0 Å². The van der Waals surface area contributed by atoms with Gasteiger partial charge in [0.15, 0.2) is 0 Å². The Hall–Kier alpha value is -1.10. The summed E-state index contributed by atoms with van der Waals surface area (Å²) in [5.41, 5.74) is 4.69. The van der Waals surface area contributed by atoms with Crippen molar-refractivity contribution in [2.45, 2.75) is 6.42 Å². The first-order chi connectivity index (χ1) is 4.57. The number of nitrogens with two attached hydrogens (primary N) is 1. The fourth-order valence-corrected chi connectivity index (χ4v) is 0.473. The van der Waals surface area contributed by atoms with Gasteiger partial charge in [0.05, 0.1) is 12.5 Å². The number of hydrogen-bond donors (Lipinski definition) is 3. The summed E-state index contributed by atoms with van der Waals surface area (Å²) in [5.74, 6) is -2.99. The Morgan fingerprint density at radius 1 is 1.50 bits per heavy atom. The lowest BCUT2D eigenvalue weighted by atomic mass is 10.1. The number of aliphatic hydroxyl groups is 1. The average molecular weight is 147 g/mol. The molecule has 0 aliphatic carbocycles. The zero-order chi connectivity index (χ0) is 8.15. The maximum atomic E-state index is 10.1. The van der Waals surface area contributed by atoms with Crippen molar-refractivity contribution in [1.82, 2.24) is 0 Å². The number of carboxylic acids is 1. The van der Waals surface area contributed by atoms with Crippen molar-refractivity contribution >= 4 is 11.9 Å². The molecule has 0 saturated heterocycles. The molecule has 10 heavy (non-hydrogen) atoms. The Bertz CT molecular complexity index is 145. The molecule has 0 aromatic rings. The van der Waals surface area contributed by atoms with Crippen LogP contribution in [-0.2, 0) is 9.59 Å². The highest BCUT2D eigenvalue weighted by atomic mass is 16.4. The van der Waals surface area contributed by atoms with E-state index in [-0.39, 0.29) is 6.42 Å². The van der Waals surface area contributed by atoms with Gasteiger partial charge in [-0.05, 0) is 0 Å². The molecule has 0 fully saturated rings. The number of carbonyl (C=O) groups is 2. The van der Waals surface area contributed by atoms with Crippen molar-refractivity contribution < 1.29 is 19.8 Å². The number of aliphatic hydroxyl groups excluding tert-OH is 1. The Balaban J connectivity index is 3.83. The second-order valence-electron chi connectivity index (χ2n) is 1.89. The monoisotopic (exact) mass is 147 g/mol. The molecule has 0 rings (SSSR count). The van der Waals surface area contributed by atoms with E-state index in [0.29, 0.717) is 0 Å². The predicted octanol–water partition coefficient (Wildman–Crippen LogP) is -1.45. The summed E-state index contributed by atoms with van der Waals surface area (Å²) < 4.78 is 0. The Morgan fingerprint density at radius 3 is 2.10 bits per heavy atom. The third-order valence-corrected chi connectivity index (χ3v) is 1.02. The molecule has 0 saturated carbocycles. The molecule has 0 spiro atoms. The number of carboxylic acid groups (broad SMARTS) is 1. The molecule has 0 radical (unpaired) electrons. The quantitative estimate of drug-likeness (QED) is 0.453. The Kier molecular flexibility index (Phi) is 3.42.